The smallest absolute Gasteiger partial charge is 0.444 e. The number of carbonyl (C=O) groups is 5. The van der Waals surface area contributed by atoms with Crippen molar-refractivity contribution in [2.45, 2.75) is 131 Å². The Balaban J connectivity index is 0.000000188. The van der Waals surface area contributed by atoms with Gasteiger partial charge in [0.1, 0.15) is 40.6 Å². The van der Waals surface area contributed by atoms with Crippen LogP contribution in [0.5, 0.6) is 0 Å². The molecule has 4 amide bonds. The van der Waals surface area contributed by atoms with E-state index in [2.05, 4.69) is 102 Å². The number of anilines is 5. The first-order valence-electron chi connectivity index (χ1n) is 34.7. The summed E-state index contributed by atoms with van der Waals surface area (Å²) in [6, 6.07) is 20.6. The van der Waals surface area contributed by atoms with Crippen LogP contribution in [0, 0.1) is 45.9 Å². The van der Waals surface area contributed by atoms with Crippen molar-refractivity contribution in [2.24, 2.45) is 0 Å². The number of nitrogen functional groups attached to an aromatic ring is 1. The van der Waals surface area contributed by atoms with E-state index >= 15 is 0 Å². The van der Waals surface area contributed by atoms with Crippen LogP contribution in [0.25, 0.3) is 55.6 Å². The molecule has 39 heteroatoms. The molecule has 0 fully saturated rings. The Labute approximate surface area is 647 Å². The van der Waals surface area contributed by atoms with Gasteiger partial charge in [-0.15, -0.1) is 9.78 Å². The molecule has 114 heavy (non-hydrogen) atoms. The number of nitrogens with one attached hydrogen (secondary N) is 8. The molecule has 4 atom stereocenters. The molecule has 10 heterocycles. The number of nitrogens with zero attached hydrogens (tertiary/aromatic N) is 15. The quantitative estimate of drug-likeness (QED) is 0.0229. The highest BCUT2D eigenvalue weighted by Gasteiger charge is 2.29. The number of aromatic amines is 2. The van der Waals surface area contributed by atoms with Gasteiger partial charge in [-0.1, -0.05) is 24.3 Å². The lowest BCUT2D eigenvalue weighted by molar-refractivity contribution is 0.0518. The van der Waals surface area contributed by atoms with Crippen molar-refractivity contribution in [3.8, 4) is 34.7 Å². The van der Waals surface area contributed by atoms with Crippen molar-refractivity contribution in [3.63, 3.8) is 0 Å². The van der Waals surface area contributed by atoms with Gasteiger partial charge in [-0.2, -0.15) is 20.7 Å². The molecule has 0 saturated carbocycles. The number of halogens is 4. The largest absolute Gasteiger partial charge is 0.490 e. The molecule has 12 rings (SSSR count). The van der Waals surface area contributed by atoms with Crippen LogP contribution in [0.1, 0.15) is 169 Å². The zero-order chi connectivity index (χ0) is 82.8. The Morgan fingerprint density at radius 1 is 0.509 bits per heavy atom. The number of amides is 4. The SMILES string of the molecule is CC(C)(C)OC(=O)Nc1nn(C(=O)OC(C)(C)C)c2ncc(B(O)O)cc12.C[C@H](NC(=O)c1nc(C#N)cnc1N[C@H](C)c1ccc(-c2cnc3n[nH]c(N)c3c2)nc1)c1ccc(F)c(F)c1.C[C@H](NC(=O)c1nc(C#N)cnc1N[C@H](C)c1ccc(-c2cnc3n[nH]c(NC(=O)OC(C)(C)C)c3c2)nc1)c1ccc(F)c(F)c1. The Morgan fingerprint density at radius 2 is 0.965 bits per heavy atom. The number of ether oxygens (including phenoxy) is 3. The van der Waals surface area contributed by atoms with Gasteiger partial charge >= 0.3 is 25.4 Å². The number of rotatable bonds is 17. The third kappa shape index (κ3) is 20.8. The van der Waals surface area contributed by atoms with E-state index < -0.39 is 95.4 Å². The average Bonchev–Trinajstić information content (AvgIpc) is 1.62. The zero-order valence-corrected chi connectivity index (χ0v) is 63.4. The molecular formula is C75H75BF4N24O10. The molecule has 0 aliphatic rings. The number of hydrogen-bond donors (Lipinski definition) is 11. The lowest BCUT2D eigenvalue weighted by atomic mass is 9.81. The normalized spacial score (nSPS) is 12.4. The van der Waals surface area contributed by atoms with Gasteiger partial charge in [0.25, 0.3) is 11.8 Å². The summed E-state index contributed by atoms with van der Waals surface area (Å²) in [5.41, 5.74) is 9.32. The van der Waals surface area contributed by atoms with Crippen molar-refractivity contribution in [1.29, 1.82) is 10.5 Å². The summed E-state index contributed by atoms with van der Waals surface area (Å²) in [6.07, 6.45) is 8.05. The molecule has 0 aliphatic carbocycles. The van der Waals surface area contributed by atoms with Crippen LogP contribution < -0.4 is 43.1 Å². The first-order chi connectivity index (χ1) is 53.8. The van der Waals surface area contributed by atoms with Gasteiger partial charge in [0.15, 0.2) is 80.4 Å². The van der Waals surface area contributed by atoms with Crippen LogP contribution in [0.3, 0.4) is 0 Å². The summed E-state index contributed by atoms with van der Waals surface area (Å²) in [5, 5.41) is 73.3. The summed E-state index contributed by atoms with van der Waals surface area (Å²) in [5.74, 6) is -4.40. The van der Waals surface area contributed by atoms with E-state index in [1.165, 1.54) is 36.8 Å². The Hall–Kier alpha value is -14.2. The molecule has 0 aliphatic heterocycles. The summed E-state index contributed by atoms with van der Waals surface area (Å²) >= 11 is 0. The van der Waals surface area contributed by atoms with E-state index in [-0.39, 0.29) is 62.8 Å². The molecule has 0 saturated heterocycles. The second kappa shape index (κ2) is 34.4. The molecule has 0 spiro atoms. The summed E-state index contributed by atoms with van der Waals surface area (Å²) < 4.78 is 70.8. The first kappa shape index (κ1) is 82.3. The minimum atomic E-state index is -1.78. The minimum Gasteiger partial charge on any atom is -0.444 e. The molecule has 0 unspecified atom stereocenters. The van der Waals surface area contributed by atoms with Crippen molar-refractivity contribution in [1.82, 2.24) is 85.7 Å². The number of nitriles is 2. The van der Waals surface area contributed by atoms with E-state index in [4.69, 9.17) is 19.9 Å². The summed E-state index contributed by atoms with van der Waals surface area (Å²) in [6.45, 7) is 22.4. The highest BCUT2D eigenvalue weighted by molar-refractivity contribution is 6.58. The van der Waals surface area contributed by atoms with Gasteiger partial charge in [0, 0.05) is 47.6 Å². The van der Waals surface area contributed by atoms with Crippen LogP contribution in [0.2, 0.25) is 0 Å². The van der Waals surface area contributed by atoms with Gasteiger partial charge in [-0.25, -0.2) is 66.8 Å². The number of nitrogens with two attached hydrogens (primary N) is 1. The van der Waals surface area contributed by atoms with Crippen molar-refractivity contribution in [2.75, 3.05) is 27.0 Å². The molecule has 586 valence electrons. The highest BCUT2D eigenvalue weighted by Crippen LogP contribution is 2.31. The fourth-order valence-electron chi connectivity index (χ4n) is 10.6. The predicted molar refractivity (Wildman–Crippen MR) is 409 cm³/mol. The van der Waals surface area contributed by atoms with Crippen LogP contribution in [0.4, 0.5) is 61.0 Å². The van der Waals surface area contributed by atoms with E-state index in [1.807, 2.05) is 50.3 Å². The van der Waals surface area contributed by atoms with E-state index in [1.54, 1.807) is 113 Å². The monoisotopic (exact) mass is 1560 g/mol. The molecule has 0 radical (unpaired) electrons. The Morgan fingerprint density at radius 3 is 1.41 bits per heavy atom. The molecule has 2 aromatic carbocycles. The van der Waals surface area contributed by atoms with Crippen LogP contribution in [0.15, 0.2) is 122 Å². The standard InChI is InChI=1S/C32H30F2N10O3.C27H22F2N10O.C16H23BN4O6/c1-16(18-6-8-23(33)24(34)11-18)40-30(45)26-29(38-15-21(12-35)41-26)39-17(2)19-7-9-25(36-13-19)20-10-22-27(37-14-20)43-44-28(22)42-31(46)47-32(3,4)5;1-13(15-3-5-20(28)21(29)8-15)36-27(40)23-26(34-12-18(9-30)37-23)35-14(2)16-4-6-22(32-10-16)17-7-19-24(31)38-39-25(19)33-11-17;1-15(2,3)26-13(22)19-11-10-7-9(17(24)25)8-18-12(10)21(20-11)14(23)27-16(4,5)6/h6-11,13-17H,1-5H3,(H,38,39)(H,40,45)(H2,37,42,43,44,46);3-8,10-14H,1-2H3,(H,34,35)(H,36,40)(H3,31,33,38,39);7-8,24-25H,1-6H3,(H,19,20,22)/t16-,17+;13-,14+;/m00./s1. The van der Waals surface area contributed by atoms with Crippen LogP contribution in [-0.4, -0.2) is 139 Å². The second-order valence-electron chi connectivity index (χ2n) is 28.5. The Bertz CT molecular complexity index is 5700. The number of H-pyrrole nitrogens is 2. The summed E-state index contributed by atoms with van der Waals surface area (Å²) in [4.78, 5) is 102. The molecule has 12 aromatic rings. The number of pyridine rings is 5. The lowest BCUT2D eigenvalue weighted by Gasteiger charge is -2.19. The second-order valence-corrected chi connectivity index (χ2v) is 28.5. The molecule has 12 N–H and O–H groups in total. The third-order valence-electron chi connectivity index (χ3n) is 16.2. The maximum absolute atomic E-state index is 13.8. The van der Waals surface area contributed by atoms with E-state index in [9.17, 15) is 62.1 Å². The number of benzene rings is 2. The topological polar surface area (TPSA) is 490 Å². The first-order valence-corrected chi connectivity index (χ1v) is 34.7. The highest BCUT2D eigenvalue weighted by atomic mass is 19.2. The lowest BCUT2D eigenvalue weighted by Crippen LogP contribution is -2.30. The molecule has 0 bridgehead atoms. The number of fused-ring (bicyclic) bond motifs is 3. The molecular weight excluding hydrogens is 1480 g/mol. The molecule has 10 aromatic heterocycles. The van der Waals surface area contributed by atoms with Crippen molar-refractivity contribution < 1.29 is 65.8 Å². The van der Waals surface area contributed by atoms with Gasteiger partial charge < -0.3 is 51.3 Å². The van der Waals surface area contributed by atoms with Gasteiger partial charge in [-0.3, -0.25) is 40.4 Å². The van der Waals surface area contributed by atoms with Crippen molar-refractivity contribution in [3.05, 3.63) is 191 Å². The van der Waals surface area contributed by atoms with Gasteiger partial charge in [0.2, 0.25) is 0 Å². The zero-order valence-electron chi connectivity index (χ0n) is 63.4. The molecule has 34 nitrogen and oxygen atoms in total. The van der Waals surface area contributed by atoms with Crippen LogP contribution >= 0.6 is 0 Å². The van der Waals surface area contributed by atoms with E-state index in [0.717, 1.165) is 45.6 Å². The van der Waals surface area contributed by atoms with Gasteiger partial charge in [-0.05, 0) is 167 Å². The minimum absolute atomic E-state index is 0.0277. The Kier molecular flexibility index (Phi) is 24.8. The predicted octanol–water partition coefficient (Wildman–Crippen LogP) is 11.4. The maximum atomic E-state index is 13.8. The number of aromatic nitrogens is 15. The van der Waals surface area contributed by atoms with Crippen LogP contribution in [-0.2, 0) is 14.2 Å². The van der Waals surface area contributed by atoms with E-state index in [0.29, 0.717) is 61.8 Å². The summed E-state index contributed by atoms with van der Waals surface area (Å²) in [7, 11) is -1.78. The average molecular weight is 1560 g/mol. The van der Waals surface area contributed by atoms with Gasteiger partial charge in [0.05, 0.1) is 64.1 Å². The number of hydrogen-bond acceptors (Lipinski definition) is 27. The number of carbonyl (C=O) groups excluding carboxylic acids is 5. The van der Waals surface area contributed by atoms with Crippen molar-refractivity contribution >= 4 is 105 Å². The fraction of sp³-hybridized carbons (Fsp3) is 0.267. The third-order valence-corrected chi connectivity index (χ3v) is 16.2. The maximum Gasteiger partial charge on any atom is 0.490 e. The fourth-order valence-corrected chi connectivity index (χ4v) is 10.6.